The largest absolute Gasteiger partial charge is 0.394 e. The number of hydrogen-bond acceptors (Lipinski definition) is 5. The number of nitrogens with zero attached hydrogens (tertiary/aromatic N) is 2. The SMILES string of the molecule is CN(CCC(=O)Nc1sccc1C#N)C(C)(C)CO. The van der Waals surface area contributed by atoms with Crippen LogP contribution >= 0.6 is 11.3 Å². The van der Waals surface area contributed by atoms with Gasteiger partial charge in [-0.3, -0.25) is 9.69 Å². The van der Waals surface area contributed by atoms with Gasteiger partial charge in [-0.25, -0.2) is 0 Å². The molecule has 0 aliphatic heterocycles. The Labute approximate surface area is 117 Å². The fraction of sp³-hybridized carbons (Fsp3) is 0.538. The number of aliphatic hydroxyl groups excluding tert-OH is 1. The first kappa shape index (κ1) is 15.6. The maximum atomic E-state index is 11.8. The van der Waals surface area contributed by atoms with Crippen molar-refractivity contribution in [2.24, 2.45) is 0 Å². The number of carbonyl (C=O) groups is 1. The van der Waals surface area contributed by atoms with Gasteiger partial charge < -0.3 is 10.4 Å². The fourth-order valence-electron chi connectivity index (χ4n) is 1.38. The first-order valence-electron chi connectivity index (χ1n) is 6.00. The minimum absolute atomic E-state index is 0.0363. The molecule has 1 rings (SSSR count). The normalized spacial score (nSPS) is 11.4. The van der Waals surface area contributed by atoms with Gasteiger partial charge in [0.05, 0.1) is 12.2 Å². The van der Waals surface area contributed by atoms with E-state index in [9.17, 15) is 9.90 Å². The van der Waals surface area contributed by atoms with Gasteiger partial charge in [0.25, 0.3) is 0 Å². The lowest BCUT2D eigenvalue weighted by atomic mass is 10.1. The number of nitriles is 1. The first-order chi connectivity index (χ1) is 8.90. The van der Waals surface area contributed by atoms with Crippen molar-refractivity contribution in [2.45, 2.75) is 25.8 Å². The lowest BCUT2D eigenvalue weighted by Gasteiger charge is -2.33. The Morgan fingerprint density at radius 2 is 2.32 bits per heavy atom. The van der Waals surface area contributed by atoms with E-state index in [-0.39, 0.29) is 18.1 Å². The summed E-state index contributed by atoms with van der Waals surface area (Å²) < 4.78 is 0. The van der Waals surface area contributed by atoms with Gasteiger partial charge in [-0.1, -0.05) is 0 Å². The summed E-state index contributed by atoms with van der Waals surface area (Å²) >= 11 is 1.34. The molecule has 0 spiro atoms. The summed E-state index contributed by atoms with van der Waals surface area (Å²) in [6.07, 6.45) is 0.322. The molecule has 0 unspecified atom stereocenters. The average Bonchev–Trinajstić information content (AvgIpc) is 2.82. The Bertz CT molecular complexity index is 476. The molecule has 0 radical (unpaired) electrons. The van der Waals surface area contributed by atoms with Gasteiger partial charge in [0.1, 0.15) is 11.1 Å². The van der Waals surface area contributed by atoms with Gasteiger partial charge in [0, 0.05) is 18.5 Å². The molecule has 0 aliphatic carbocycles. The molecule has 0 fully saturated rings. The van der Waals surface area contributed by atoms with Crippen LogP contribution in [0.2, 0.25) is 0 Å². The highest BCUT2D eigenvalue weighted by molar-refractivity contribution is 7.14. The average molecular weight is 281 g/mol. The van der Waals surface area contributed by atoms with E-state index >= 15 is 0 Å². The van der Waals surface area contributed by atoms with Crippen molar-refractivity contribution in [3.8, 4) is 6.07 Å². The summed E-state index contributed by atoms with van der Waals surface area (Å²) in [5, 5.41) is 23.2. The Balaban J connectivity index is 2.47. The van der Waals surface area contributed by atoms with Crippen LogP contribution in [0, 0.1) is 11.3 Å². The van der Waals surface area contributed by atoms with E-state index in [2.05, 4.69) is 5.32 Å². The van der Waals surface area contributed by atoms with Crippen LogP contribution in [0.4, 0.5) is 5.00 Å². The van der Waals surface area contributed by atoms with Crippen LogP contribution in [-0.2, 0) is 4.79 Å². The summed E-state index contributed by atoms with van der Waals surface area (Å²) in [4.78, 5) is 13.7. The number of likely N-dealkylation sites (N-methyl/N-ethyl adjacent to an activating group) is 1. The van der Waals surface area contributed by atoms with E-state index < -0.39 is 0 Å². The number of thiophene rings is 1. The minimum atomic E-state index is -0.346. The van der Waals surface area contributed by atoms with Gasteiger partial charge in [-0.05, 0) is 32.3 Å². The standard InChI is InChI=1S/C13H19N3O2S/c1-13(2,9-17)16(3)6-4-11(18)15-12-10(8-14)5-7-19-12/h5,7,17H,4,6,9H2,1-3H3,(H,15,18). The summed E-state index contributed by atoms with van der Waals surface area (Å²) in [6, 6.07) is 3.71. The number of nitrogens with one attached hydrogen (secondary N) is 1. The van der Waals surface area contributed by atoms with Crippen LogP contribution in [0.3, 0.4) is 0 Å². The molecule has 19 heavy (non-hydrogen) atoms. The zero-order valence-electron chi connectivity index (χ0n) is 11.4. The highest BCUT2D eigenvalue weighted by Crippen LogP contribution is 2.22. The van der Waals surface area contributed by atoms with E-state index in [0.717, 1.165) is 0 Å². The molecule has 0 saturated heterocycles. The van der Waals surface area contributed by atoms with Crippen molar-refractivity contribution in [1.82, 2.24) is 4.90 Å². The lowest BCUT2D eigenvalue weighted by Crippen LogP contribution is -2.45. The quantitative estimate of drug-likeness (QED) is 0.831. The lowest BCUT2D eigenvalue weighted by molar-refractivity contribution is -0.116. The molecule has 0 bridgehead atoms. The van der Waals surface area contributed by atoms with E-state index in [1.54, 1.807) is 11.4 Å². The summed E-state index contributed by atoms with van der Waals surface area (Å²) in [6.45, 7) is 4.41. The molecule has 0 saturated carbocycles. The van der Waals surface area contributed by atoms with Crippen molar-refractivity contribution in [3.63, 3.8) is 0 Å². The smallest absolute Gasteiger partial charge is 0.226 e. The zero-order valence-corrected chi connectivity index (χ0v) is 12.3. The van der Waals surface area contributed by atoms with E-state index in [1.807, 2.05) is 31.9 Å². The molecule has 1 amide bonds. The summed E-state index contributed by atoms with van der Waals surface area (Å²) in [7, 11) is 1.87. The third-order valence-corrected chi connectivity index (χ3v) is 3.96. The number of amides is 1. The van der Waals surface area contributed by atoms with E-state index in [4.69, 9.17) is 5.26 Å². The van der Waals surface area contributed by atoms with Crippen LogP contribution < -0.4 is 5.32 Å². The monoisotopic (exact) mass is 281 g/mol. The molecule has 0 aromatic carbocycles. The van der Waals surface area contributed by atoms with Crippen molar-refractivity contribution in [3.05, 3.63) is 17.0 Å². The van der Waals surface area contributed by atoms with Crippen molar-refractivity contribution < 1.29 is 9.90 Å². The van der Waals surface area contributed by atoms with Gasteiger partial charge in [-0.15, -0.1) is 11.3 Å². The highest BCUT2D eigenvalue weighted by atomic mass is 32.1. The van der Waals surface area contributed by atoms with Crippen LogP contribution in [0.1, 0.15) is 25.8 Å². The second-order valence-corrected chi connectivity index (χ2v) is 5.88. The van der Waals surface area contributed by atoms with Crippen molar-refractivity contribution >= 4 is 22.2 Å². The molecule has 2 N–H and O–H groups in total. The number of anilines is 1. The third kappa shape index (κ3) is 4.31. The molecule has 6 heteroatoms. The van der Waals surface area contributed by atoms with Gasteiger partial charge >= 0.3 is 0 Å². The van der Waals surface area contributed by atoms with Gasteiger partial charge in [-0.2, -0.15) is 5.26 Å². The van der Waals surface area contributed by atoms with Crippen LogP contribution in [-0.4, -0.2) is 41.7 Å². The Morgan fingerprint density at radius 3 is 2.89 bits per heavy atom. The summed E-state index contributed by atoms with van der Waals surface area (Å²) in [5.41, 5.74) is 0.142. The van der Waals surface area contributed by atoms with Gasteiger partial charge in [0.2, 0.25) is 5.91 Å². The second kappa shape index (κ2) is 6.66. The first-order valence-corrected chi connectivity index (χ1v) is 6.88. The molecule has 104 valence electrons. The predicted molar refractivity (Wildman–Crippen MR) is 76.1 cm³/mol. The Morgan fingerprint density at radius 1 is 1.63 bits per heavy atom. The zero-order chi connectivity index (χ0) is 14.5. The molecular weight excluding hydrogens is 262 g/mol. The van der Waals surface area contributed by atoms with Crippen molar-refractivity contribution in [2.75, 3.05) is 25.5 Å². The minimum Gasteiger partial charge on any atom is -0.394 e. The predicted octanol–water partition coefficient (Wildman–Crippen LogP) is 1.65. The fourth-order valence-corrected chi connectivity index (χ4v) is 2.13. The molecule has 0 atom stereocenters. The number of hydrogen-bond donors (Lipinski definition) is 2. The van der Waals surface area contributed by atoms with Crippen molar-refractivity contribution in [1.29, 1.82) is 5.26 Å². The number of carbonyl (C=O) groups excluding carboxylic acids is 1. The molecule has 1 heterocycles. The number of rotatable bonds is 6. The molecule has 1 aromatic rings. The molecular formula is C13H19N3O2S. The maximum absolute atomic E-state index is 11.8. The third-order valence-electron chi connectivity index (χ3n) is 3.13. The Kier molecular flexibility index (Phi) is 5.48. The molecule has 0 aliphatic rings. The van der Waals surface area contributed by atoms with E-state index in [1.165, 1.54) is 11.3 Å². The number of aliphatic hydroxyl groups is 1. The van der Waals surface area contributed by atoms with Crippen LogP contribution in [0.5, 0.6) is 0 Å². The Hall–Kier alpha value is -1.42. The highest BCUT2D eigenvalue weighted by Gasteiger charge is 2.22. The molecule has 1 aromatic heterocycles. The maximum Gasteiger partial charge on any atom is 0.226 e. The topological polar surface area (TPSA) is 76.4 Å². The second-order valence-electron chi connectivity index (χ2n) is 4.97. The van der Waals surface area contributed by atoms with Crippen LogP contribution in [0.25, 0.3) is 0 Å². The van der Waals surface area contributed by atoms with Gasteiger partial charge in [0.15, 0.2) is 0 Å². The van der Waals surface area contributed by atoms with E-state index in [0.29, 0.717) is 23.5 Å². The summed E-state index contributed by atoms with van der Waals surface area (Å²) in [5.74, 6) is -0.125. The van der Waals surface area contributed by atoms with Crippen LogP contribution in [0.15, 0.2) is 11.4 Å². The molecule has 5 nitrogen and oxygen atoms in total.